The van der Waals surface area contributed by atoms with Gasteiger partial charge in [0.05, 0.1) is 23.3 Å². The average molecular weight is 500 g/mol. The van der Waals surface area contributed by atoms with E-state index < -0.39 is 23.3 Å². The maximum atomic E-state index is 13.4. The molecule has 0 unspecified atom stereocenters. The van der Waals surface area contributed by atoms with E-state index in [9.17, 15) is 22.8 Å². The van der Waals surface area contributed by atoms with Gasteiger partial charge in [0.15, 0.2) is 0 Å². The van der Waals surface area contributed by atoms with Gasteiger partial charge in [-0.2, -0.15) is 17.9 Å². The zero-order valence-corrected chi connectivity index (χ0v) is 18.9. The van der Waals surface area contributed by atoms with Gasteiger partial charge in [-0.05, 0) is 6.07 Å². The van der Waals surface area contributed by atoms with Crippen LogP contribution in [0, 0.1) is 0 Å². The van der Waals surface area contributed by atoms with Crippen LogP contribution < -0.4 is 22.0 Å². The molecule has 0 spiro atoms. The number of halogens is 3. The normalized spacial score (nSPS) is 11.9. The van der Waals surface area contributed by atoms with Crippen LogP contribution in [0.5, 0.6) is 0 Å². The minimum absolute atomic E-state index is 0.0574. The molecular weight excluding hydrogens is 483 g/mol. The molecule has 0 aliphatic carbocycles. The highest BCUT2D eigenvalue weighted by molar-refractivity contribution is 7.09. The standard InChI is InChI=1S/C22H16F3N7O2S/c1-30-9-13(7-8-15(30)33)16-17(12-5-3-2-4-6-12)28-20(26)32-19(16)29-31(21(32)34)10-14-18(22(23,24)25)35-11-27-14/h2-9,11H,10H2,1H3,(H2,26,28)/p+1. The molecule has 0 aliphatic heterocycles. The van der Waals surface area contributed by atoms with Crippen molar-refractivity contribution in [2.75, 3.05) is 5.73 Å². The van der Waals surface area contributed by atoms with E-state index in [1.807, 2.05) is 30.3 Å². The third-order valence-corrected chi connectivity index (χ3v) is 6.36. The molecule has 0 saturated heterocycles. The molecule has 3 N–H and O–H groups in total. The van der Waals surface area contributed by atoms with Crippen LogP contribution in [0.15, 0.2) is 63.8 Å². The summed E-state index contributed by atoms with van der Waals surface area (Å²) in [6.07, 6.45) is -3.02. The highest BCUT2D eigenvalue weighted by atomic mass is 32.1. The molecular formula is C22H17F3N7O2S+. The Kier molecular flexibility index (Phi) is 5.28. The summed E-state index contributed by atoms with van der Waals surface area (Å²) in [7, 11) is 1.58. The van der Waals surface area contributed by atoms with Gasteiger partial charge in [0, 0.05) is 30.4 Å². The molecule has 4 heterocycles. The number of hydrogen-bond acceptors (Lipinski definition) is 6. The molecule has 4 aromatic heterocycles. The Hall–Kier alpha value is -4.26. The van der Waals surface area contributed by atoms with Crippen LogP contribution in [0.2, 0.25) is 0 Å². The number of fused-ring (bicyclic) bond motifs is 1. The molecule has 0 bridgehead atoms. The highest BCUT2D eigenvalue weighted by Crippen LogP contribution is 2.35. The molecule has 0 aliphatic rings. The first-order valence-electron chi connectivity index (χ1n) is 10.2. The lowest BCUT2D eigenvalue weighted by Crippen LogP contribution is -2.28. The molecule has 35 heavy (non-hydrogen) atoms. The molecule has 5 aromatic rings. The molecule has 13 heteroatoms. The Labute approximate surface area is 198 Å². The maximum absolute atomic E-state index is 13.4. The number of nitrogens with one attached hydrogen (secondary N) is 1. The molecule has 9 nitrogen and oxygen atoms in total. The third kappa shape index (κ3) is 3.89. The molecule has 0 atom stereocenters. The number of nitrogens with two attached hydrogens (primary N) is 1. The molecule has 1 aromatic carbocycles. The minimum atomic E-state index is -4.60. The van der Waals surface area contributed by atoms with Crippen molar-refractivity contribution in [3.63, 3.8) is 0 Å². The number of aryl methyl sites for hydroxylation is 1. The zero-order valence-electron chi connectivity index (χ0n) is 18.1. The molecule has 0 saturated carbocycles. The predicted octanol–water partition coefficient (Wildman–Crippen LogP) is 2.45. The van der Waals surface area contributed by atoms with Gasteiger partial charge in [0.2, 0.25) is 11.2 Å². The van der Waals surface area contributed by atoms with Gasteiger partial charge < -0.3 is 4.57 Å². The van der Waals surface area contributed by atoms with Gasteiger partial charge in [-0.15, -0.1) is 20.8 Å². The second-order valence-electron chi connectivity index (χ2n) is 7.72. The summed E-state index contributed by atoms with van der Waals surface area (Å²) in [5, 5.41) is 4.36. The summed E-state index contributed by atoms with van der Waals surface area (Å²) in [4.78, 5) is 31.1. The van der Waals surface area contributed by atoms with E-state index in [4.69, 9.17) is 5.73 Å². The Morgan fingerprint density at radius 3 is 2.51 bits per heavy atom. The first-order valence-corrected chi connectivity index (χ1v) is 11.1. The number of H-pyrrole nitrogens is 1. The summed E-state index contributed by atoms with van der Waals surface area (Å²) in [5.74, 6) is -0.0574. The van der Waals surface area contributed by atoms with Crippen LogP contribution in [0.1, 0.15) is 10.6 Å². The minimum Gasteiger partial charge on any atom is -0.318 e. The topological polar surface area (TPSA) is 114 Å². The number of thiazole rings is 1. The summed E-state index contributed by atoms with van der Waals surface area (Å²) in [5.41, 5.74) is 8.34. The number of nitrogen functional groups attached to an aromatic ring is 1. The van der Waals surface area contributed by atoms with Gasteiger partial charge in [0.1, 0.15) is 10.6 Å². The average Bonchev–Trinajstić information content (AvgIpc) is 3.42. The van der Waals surface area contributed by atoms with E-state index in [-0.39, 0.29) is 22.8 Å². The van der Waals surface area contributed by atoms with Crippen molar-refractivity contribution in [3.8, 4) is 22.4 Å². The van der Waals surface area contributed by atoms with Crippen molar-refractivity contribution < 1.29 is 18.2 Å². The second-order valence-corrected chi connectivity index (χ2v) is 8.57. The molecule has 0 fully saturated rings. The third-order valence-electron chi connectivity index (χ3n) is 5.44. The lowest BCUT2D eigenvalue weighted by molar-refractivity contribution is -0.351. The largest absolute Gasteiger partial charge is 0.427 e. The SMILES string of the molecule is Cn1cc(-c2c(-c3ccccc3)[nH+]c(N)n3c(=O)n(Cc4ncsc4C(F)(F)F)nc23)ccc1=O. The Bertz CT molecular complexity index is 1680. The first-order chi connectivity index (χ1) is 16.6. The van der Waals surface area contributed by atoms with Gasteiger partial charge in [-0.3, -0.25) is 10.5 Å². The van der Waals surface area contributed by atoms with E-state index in [2.05, 4.69) is 15.1 Å². The van der Waals surface area contributed by atoms with E-state index >= 15 is 0 Å². The van der Waals surface area contributed by atoms with E-state index in [0.717, 1.165) is 20.2 Å². The molecule has 5 rings (SSSR count). The second kappa shape index (κ2) is 8.20. The number of hydrogen-bond donors (Lipinski definition) is 1. The van der Waals surface area contributed by atoms with Gasteiger partial charge >= 0.3 is 17.8 Å². The van der Waals surface area contributed by atoms with Crippen molar-refractivity contribution >= 4 is 22.9 Å². The van der Waals surface area contributed by atoms with Gasteiger partial charge in [-0.1, -0.05) is 30.3 Å². The quantitative estimate of drug-likeness (QED) is 0.407. The maximum Gasteiger partial charge on any atom is 0.427 e. The number of nitrogens with zero attached hydrogens (tertiary/aromatic N) is 5. The highest BCUT2D eigenvalue weighted by Gasteiger charge is 2.36. The lowest BCUT2D eigenvalue weighted by Gasteiger charge is -2.10. The van der Waals surface area contributed by atoms with E-state index in [1.54, 1.807) is 19.3 Å². The van der Waals surface area contributed by atoms with Crippen LogP contribution >= 0.6 is 11.3 Å². The van der Waals surface area contributed by atoms with Crippen molar-refractivity contribution in [1.29, 1.82) is 0 Å². The van der Waals surface area contributed by atoms with Crippen molar-refractivity contribution in [2.24, 2.45) is 7.05 Å². The van der Waals surface area contributed by atoms with Crippen LogP contribution in [-0.4, -0.2) is 23.7 Å². The number of anilines is 1. The molecule has 178 valence electrons. The number of aromatic amines is 1. The van der Waals surface area contributed by atoms with E-state index in [1.165, 1.54) is 10.6 Å². The summed E-state index contributed by atoms with van der Waals surface area (Å²) in [6, 6.07) is 12.1. The Balaban J connectivity index is 1.79. The van der Waals surface area contributed by atoms with Crippen LogP contribution in [0.4, 0.5) is 19.1 Å². The first kappa shape index (κ1) is 22.5. The number of pyridine rings is 1. The number of alkyl halides is 3. The van der Waals surface area contributed by atoms with E-state index in [0.29, 0.717) is 28.2 Å². The molecule has 0 amide bonds. The van der Waals surface area contributed by atoms with Crippen molar-refractivity contribution in [3.05, 3.63) is 85.6 Å². The van der Waals surface area contributed by atoms with Crippen LogP contribution in [-0.2, 0) is 19.8 Å². The fraction of sp³-hybridized carbons (Fsp3) is 0.136. The summed E-state index contributed by atoms with van der Waals surface area (Å²) >= 11 is 0.445. The Morgan fingerprint density at radius 2 is 1.83 bits per heavy atom. The summed E-state index contributed by atoms with van der Waals surface area (Å²) in [6.45, 7) is -0.494. The smallest absolute Gasteiger partial charge is 0.318 e. The van der Waals surface area contributed by atoms with Crippen molar-refractivity contribution in [2.45, 2.75) is 12.7 Å². The fourth-order valence-electron chi connectivity index (χ4n) is 3.84. The molecule has 0 radical (unpaired) electrons. The number of benzene rings is 1. The van der Waals surface area contributed by atoms with Crippen LogP contribution in [0.25, 0.3) is 28.0 Å². The zero-order chi connectivity index (χ0) is 24.9. The predicted molar refractivity (Wildman–Crippen MR) is 123 cm³/mol. The lowest BCUT2D eigenvalue weighted by atomic mass is 10.0. The van der Waals surface area contributed by atoms with Crippen molar-refractivity contribution in [1.82, 2.24) is 23.7 Å². The van der Waals surface area contributed by atoms with Crippen LogP contribution in [0.3, 0.4) is 0 Å². The van der Waals surface area contributed by atoms with Gasteiger partial charge in [-0.25, -0.2) is 14.8 Å². The number of aromatic nitrogens is 6. The summed E-state index contributed by atoms with van der Waals surface area (Å²) < 4.78 is 43.4. The number of rotatable bonds is 4. The Morgan fingerprint density at radius 1 is 1.09 bits per heavy atom. The van der Waals surface area contributed by atoms with Gasteiger partial charge in [0.25, 0.3) is 0 Å². The fourth-order valence-corrected chi connectivity index (χ4v) is 4.51. The monoisotopic (exact) mass is 500 g/mol.